The standard InChI is InChI=1S/C13H22N6O2/c1-19-9-16-10(17-19)8-15-12(20)13(11(14)18-21)6-4-2-3-5-7-13/h9,21H,2-8H2,1H3,(H2,14,18)(H,15,20). The van der Waals surface area contributed by atoms with E-state index in [4.69, 9.17) is 10.9 Å². The summed E-state index contributed by atoms with van der Waals surface area (Å²) in [4.78, 5) is 16.7. The first-order valence-corrected chi connectivity index (χ1v) is 7.19. The molecule has 0 unspecified atom stereocenters. The fourth-order valence-electron chi connectivity index (χ4n) is 2.82. The monoisotopic (exact) mass is 294 g/mol. The number of hydrogen-bond acceptors (Lipinski definition) is 5. The first-order valence-electron chi connectivity index (χ1n) is 7.19. The van der Waals surface area contributed by atoms with E-state index >= 15 is 0 Å². The van der Waals surface area contributed by atoms with Gasteiger partial charge in [-0.1, -0.05) is 30.8 Å². The summed E-state index contributed by atoms with van der Waals surface area (Å²) in [5, 5.41) is 19.1. The number of aromatic nitrogens is 3. The highest BCUT2D eigenvalue weighted by Crippen LogP contribution is 2.35. The largest absolute Gasteiger partial charge is 0.409 e. The molecule has 0 atom stereocenters. The van der Waals surface area contributed by atoms with Gasteiger partial charge in [-0.15, -0.1) is 0 Å². The molecule has 1 aromatic rings. The minimum absolute atomic E-state index is 0.00381. The van der Waals surface area contributed by atoms with E-state index in [1.807, 2.05) is 0 Å². The number of carbonyl (C=O) groups is 1. The highest BCUT2D eigenvalue weighted by atomic mass is 16.4. The topological polar surface area (TPSA) is 118 Å². The van der Waals surface area contributed by atoms with Crippen molar-refractivity contribution in [3.63, 3.8) is 0 Å². The molecule has 8 nitrogen and oxygen atoms in total. The number of nitrogens with two attached hydrogens (primary N) is 1. The quantitative estimate of drug-likeness (QED) is 0.246. The number of amides is 1. The second-order valence-corrected chi connectivity index (χ2v) is 5.50. The number of aryl methyl sites for hydroxylation is 1. The molecular weight excluding hydrogens is 272 g/mol. The van der Waals surface area contributed by atoms with Crippen molar-refractivity contribution >= 4 is 11.7 Å². The molecule has 0 saturated heterocycles. The number of nitrogens with zero attached hydrogens (tertiary/aromatic N) is 4. The smallest absolute Gasteiger partial charge is 0.234 e. The van der Waals surface area contributed by atoms with Gasteiger partial charge in [0.1, 0.15) is 11.7 Å². The maximum atomic E-state index is 12.6. The Kier molecular flexibility index (Phi) is 4.77. The number of oxime groups is 1. The predicted molar refractivity (Wildman–Crippen MR) is 76.4 cm³/mol. The van der Waals surface area contributed by atoms with Crippen LogP contribution >= 0.6 is 0 Å². The number of carbonyl (C=O) groups excluding carboxylic acids is 1. The van der Waals surface area contributed by atoms with Gasteiger partial charge in [0.2, 0.25) is 5.91 Å². The molecule has 1 saturated carbocycles. The average Bonchev–Trinajstić information content (AvgIpc) is 2.76. The van der Waals surface area contributed by atoms with E-state index in [-0.39, 0.29) is 18.3 Å². The second-order valence-electron chi connectivity index (χ2n) is 5.50. The van der Waals surface area contributed by atoms with Crippen LogP contribution in [0, 0.1) is 5.41 Å². The molecule has 1 aliphatic rings. The van der Waals surface area contributed by atoms with Crippen LogP contribution in [0.25, 0.3) is 0 Å². The molecule has 0 aliphatic heterocycles. The van der Waals surface area contributed by atoms with Crippen LogP contribution < -0.4 is 11.1 Å². The van der Waals surface area contributed by atoms with Gasteiger partial charge in [0.25, 0.3) is 0 Å². The molecule has 1 aliphatic carbocycles. The fourth-order valence-corrected chi connectivity index (χ4v) is 2.82. The van der Waals surface area contributed by atoms with Crippen LogP contribution in [-0.2, 0) is 18.4 Å². The molecule has 4 N–H and O–H groups in total. The Morgan fingerprint density at radius 2 is 2.14 bits per heavy atom. The Morgan fingerprint density at radius 1 is 1.48 bits per heavy atom. The summed E-state index contributed by atoms with van der Waals surface area (Å²) < 4.78 is 1.58. The van der Waals surface area contributed by atoms with Gasteiger partial charge < -0.3 is 16.3 Å². The molecule has 1 aromatic heterocycles. The molecule has 0 spiro atoms. The second kappa shape index (κ2) is 6.55. The molecule has 116 valence electrons. The molecule has 8 heteroatoms. The molecule has 0 bridgehead atoms. The van der Waals surface area contributed by atoms with Gasteiger partial charge in [0.15, 0.2) is 11.7 Å². The van der Waals surface area contributed by atoms with E-state index in [1.54, 1.807) is 18.1 Å². The first kappa shape index (κ1) is 15.3. The summed E-state index contributed by atoms with van der Waals surface area (Å²) in [5.74, 6) is 0.317. The lowest BCUT2D eigenvalue weighted by Gasteiger charge is -2.29. The Morgan fingerprint density at radius 3 is 2.67 bits per heavy atom. The Hall–Kier alpha value is -2.12. The zero-order valence-corrected chi connectivity index (χ0v) is 12.2. The van der Waals surface area contributed by atoms with Crippen molar-refractivity contribution in [1.29, 1.82) is 0 Å². The summed E-state index contributed by atoms with van der Waals surface area (Å²) in [7, 11) is 1.77. The average molecular weight is 294 g/mol. The summed E-state index contributed by atoms with van der Waals surface area (Å²) >= 11 is 0. The minimum atomic E-state index is -0.917. The zero-order chi connectivity index (χ0) is 15.3. The summed E-state index contributed by atoms with van der Waals surface area (Å²) in [6.45, 7) is 0.236. The predicted octanol–water partition coefficient (Wildman–Crippen LogP) is 0.518. The fraction of sp³-hybridized carbons (Fsp3) is 0.692. The van der Waals surface area contributed by atoms with E-state index in [9.17, 15) is 4.79 Å². The van der Waals surface area contributed by atoms with E-state index in [2.05, 4.69) is 20.6 Å². The molecule has 1 fully saturated rings. The van der Waals surface area contributed by atoms with Crippen molar-refractivity contribution in [3.8, 4) is 0 Å². The van der Waals surface area contributed by atoms with Gasteiger partial charge in [0, 0.05) is 7.05 Å². The lowest BCUT2D eigenvalue weighted by Crippen LogP contribution is -2.49. The van der Waals surface area contributed by atoms with Crippen LogP contribution in [0.3, 0.4) is 0 Å². The number of hydrogen-bond donors (Lipinski definition) is 3. The van der Waals surface area contributed by atoms with Crippen LogP contribution in [-0.4, -0.2) is 31.7 Å². The Balaban J connectivity index is 2.10. The number of nitrogens with one attached hydrogen (secondary N) is 1. The van der Waals surface area contributed by atoms with Crippen molar-refractivity contribution in [1.82, 2.24) is 20.1 Å². The normalized spacial score (nSPS) is 19.0. The molecule has 0 radical (unpaired) electrons. The number of rotatable bonds is 4. The molecule has 1 heterocycles. The van der Waals surface area contributed by atoms with E-state index in [0.717, 1.165) is 25.7 Å². The third kappa shape index (κ3) is 3.32. The minimum Gasteiger partial charge on any atom is -0.409 e. The van der Waals surface area contributed by atoms with E-state index in [0.29, 0.717) is 18.7 Å². The van der Waals surface area contributed by atoms with Crippen molar-refractivity contribution in [2.75, 3.05) is 0 Å². The van der Waals surface area contributed by atoms with Crippen LogP contribution in [0.1, 0.15) is 44.3 Å². The van der Waals surface area contributed by atoms with Crippen molar-refractivity contribution < 1.29 is 10.0 Å². The maximum absolute atomic E-state index is 12.6. The van der Waals surface area contributed by atoms with Gasteiger partial charge in [-0.25, -0.2) is 4.98 Å². The first-order chi connectivity index (χ1) is 10.1. The van der Waals surface area contributed by atoms with Gasteiger partial charge in [-0.05, 0) is 12.8 Å². The lowest BCUT2D eigenvalue weighted by atomic mass is 9.78. The summed E-state index contributed by atoms with van der Waals surface area (Å²) in [6.07, 6.45) is 6.70. The maximum Gasteiger partial charge on any atom is 0.234 e. The number of amidine groups is 1. The van der Waals surface area contributed by atoms with Crippen LogP contribution in [0.5, 0.6) is 0 Å². The highest BCUT2D eigenvalue weighted by Gasteiger charge is 2.42. The molecule has 0 aromatic carbocycles. The highest BCUT2D eigenvalue weighted by molar-refractivity contribution is 6.06. The van der Waals surface area contributed by atoms with E-state index < -0.39 is 5.41 Å². The molecule has 1 amide bonds. The summed E-state index contributed by atoms with van der Waals surface area (Å²) in [5.41, 5.74) is 4.91. The summed E-state index contributed by atoms with van der Waals surface area (Å²) in [6, 6.07) is 0. The van der Waals surface area contributed by atoms with Crippen LogP contribution in [0.15, 0.2) is 11.5 Å². The Labute approximate surface area is 123 Å². The van der Waals surface area contributed by atoms with Gasteiger partial charge in [-0.3, -0.25) is 9.48 Å². The third-order valence-electron chi connectivity index (χ3n) is 4.04. The van der Waals surface area contributed by atoms with Gasteiger partial charge >= 0.3 is 0 Å². The Bertz CT molecular complexity index is 516. The zero-order valence-electron chi connectivity index (χ0n) is 12.2. The molecule has 21 heavy (non-hydrogen) atoms. The SMILES string of the molecule is Cn1cnc(CNC(=O)C2(C(N)=NO)CCCCCC2)n1. The molecule has 2 rings (SSSR count). The van der Waals surface area contributed by atoms with Crippen molar-refractivity contribution in [3.05, 3.63) is 12.2 Å². The van der Waals surface area contributed by atoms with Gasteiger partial charge in [-0.2, -0.15) is 5.10 Å². The van der Waals surface area contributed by atoms with Crippen molar-refractivity contribution in [2.24, 2.45) is 23.4 Å². The van der Waals surface area contributed by atoms with Crippen LogP contribution in [0.4, 0.5) is 0 Å². The molecular formula is C13H22N6O2. The lowest BCUT2D eigenvalue weighted by molar-refractivity contribution is -0.128. The van der Waals surface area contributed by atoms with E-state index in [1.165, 1.54) is 0 Å². The van der Waals surface area contributed by atoms with Crippen LogP contribution in [0.2, 0.25) is 0 Å². The van der Waals surface area contributed by atoms with Crippen molar-refractivity contribution in [2.45, 2.75) is 45.1 Å². The third-order valence-corrected chi connectivity index (χ3v) is 4.04. The van der Waals surface area contributed by atoms with Gasteiger partial charge in [0.05, 0.1) is 6.54 Å².